The predicted molar refractivity (Wildman–Crippen MR) is 82.6 cm³/mol. The summed E-state index contributed by atoms with van der Waals surface area (Å²) in [6, 6.07) is 0.305. The van der Waals surface area contributed by atoms with Crippen LogP contribution in [0.5, 0.6) is 0 Å². The van der Waals surface area contributed by atoms with E-state index in [0.29, 0.717) is 17.9 Å². The quantitative estimate of drug-likeness (QED) is 0.729. The van der Waals surface area contributed by atoms with Gasteiger partial charge in [0.15, 0.2) is 0 Å². The van der Waals surface area contributed by atoms with Crippen LogP contribution < -0.4 is 5.32 Å². The van der Waals surface area contributed by atoms with Crippen molar-refractivity contribution in [2.24, 2.45) is 0 Å². The highest BCUT2D eigenvalue weighted by Gasteiger charge is 2.44. The molecular formula is C15H29NO2S. The Hall–Kier alpha value is -0.220. The maximum atomic E-state index is 12.4. The van der Waals surface area contributed by atoms with Gasteiger partial charge >= 0.3 is 5.97 Å². The molecule has 0 saturated heterocycles. The number of carbonyl (C=O) groups is 1. The summed E-state index contributed by atoms with van der Waals surface area (Å²) in [5.74, 6) is 1.14. The lowest BCUT2D eigenvalue weighted by atomic mass is 9.80. The molecule has 0 aromatic heterocycles. The highest BCUT2D eigenvalue weighted by molar-refractivity contribution is 7.99. The van der Waals surface area contributed by atoms with E-state index in [1.807, 2.05) is 18.7 Å². The van der Waals surface area contributed by atoms with Crippen LogP contribution in [-0.2, 0) is 9.53 Å². The second-order valence-corrected chi connectivity index (χ2v) is 7.10. The first-order valence-corrected chi connectivity index (χ1v) is 8.65. The summed E-state index contributed by atoms with van der Waals surface area (Å²) in [6.07, 6.45) is 5.36. The first kappa shape index (κ1) is 16.8. The summed E-state index contributed by atoms with van der Waals surface area (Å²) in [4.78, 5) is 12.4. The fourth-order valence-electron chi connectivity index (χ4n) is 2.85. The van der Waals surface area contributed by atoms with Gasteiger partial charge in [0.05, 0.1) is 6.61 Å². The predicted octanol–water partition coefficient (Wildman–Crippen LogP) is 3.37. The molecule has 1 saturated carbocycles. The van der Waals surface area contributed by atoms with Gasteiger partial charge in [-0.15, -0.1) is 0 Å². The first-order chi connectivity index (χ1) is 9.04. The molecule has 4 heteroatoms. The Morgan fingerprint density at radius 2 is 2.21 bits per heavy atom. The zero-order valence-electron chi connectivity index (χ0n) is 12.8. The molecule has 2 unspecified atom stereocenters. The Kier molecular flexibility index (Phi) is 7.22. The molecule has 1 aliphatic carbocycles. The van der Waals surface area contributed by atoms with E-state index in [-0.39, 0.29) is 5.97 Å². The van der Waals surface area contributed by atoms with Gasteiger partial charge in [-0.3, -0.25) is 10.1 Å². The van der Waals surface area contributed by atoms with E-state index in [0.717, 1.165) is 19.3 Å². The van der Waals surface area contributed by atoms with Crippen LogP contribution in [0, 0.1) is 0 Å². The molecule has 1 fully saturated rings. The molecule has 2 atom stereocenters. The number of nitrogens with one attached hydrogen (secondary N) is 1. The average molecular weight is 287 g/mol. The van der Waals surface area contributed by atoms with Crippen LogP contribution in [0.3, 0.4) is 0 Å². The fraction of sp³-hybridized carbons (Fsp3) is 0.933. The van der Waals surface area contributed by atoms with Crippen molar-refractivity contribution in [3.63, 3.8) is 0 Å². The number of hydrogen-bond donors (Lipinski definition) is 1. The van der Waals surface area contributed by atoms with E-state index in [4.69, 9.17) is 4.74 Å². The van der Waals surface area contributed by atoms with E-state index in [2.05, 4.69) is 26.1 Å². The minimum Gasteiger partial charge on any atom is -0.465 e. The molecule has 1 aliphatic rings. The minimum atomic E-state index is -0.451. The lowest BCUT2D eigenvalue weighted by molar-refractivity contribution is -0.153. The summed E-state index contributed by atoms with van der Waals surface area (Å²) in [7, 11) is 0. The number of rotatable bonds is 7. The molecule has 0 bridgehead atoms. The molecule has 1 N–H and O–H groups in total. The van der Waals surface area contributed by atoms with Gasteiger partial charge in [-0.05, 0) is 58.6 Å². The molecule has 0 spiro atoms. The molecular weight excluding hydrogens is 258 g/mol. The maximum absolute atomic E-state index is 12.4. The second-order valence-electron chi connectivity index (χ2n) is 5.69. The van der Waals surface area contributed by atoms with Crippen molar-refractivity contribution in [2.75, 3.05) is 12.4 Å². The summed E-state index contributed by atoms with van der Waals surface area (Å²) >= 11 is 2.01. The van der Waals surface area contributed by atoms with Gasteiger partial charge in [0, 0.05) is 11.3 Å². The Morgan fingerprint density at radius 3 is 2.79 bits per heavy atom. The third-order valence-electron chi connectivity index (χ3n) is 3.49. The van der Waals surface area contributed by atoms with Crippen molar-refractivity contribution in [1.82, 2.24) is 5.32 Å². The molecule has 1 rings (SSSR count). The van der Waals surface area contributed by atoms with Gasteiger partial charge in [-0.2, -0.15) is 11.8 Å². The third kappa shape index (κ3) is 4.99. The number of hydrogen-bond acceptors (Lipinski definition) is 4. The minimum absolute atomic E-state index is 0.0505. The Bertz CT molecular complexity index is 283. The second kappa shape index (κ2) is 8.15. The maximum Gasteiger partial charge on any atom is 0.326 e. The summed E-state index contributed by atoms with van der Waals surface area (Å²) in [6.45, 7) is 8.76. The number of carbonyl (C=O) groups excluding carboxylic acids is 1. The van der Waals surface area contributed by atoms with Crippen molar-refractivity contribution in [3.8, 4) is 0 Å². The molecule has 0 aromatic rings. The van der Waals surface area contributed by atoms with Gasteiger partial charge in [-0.25, -0.2) is 0 Å². The highest BCUT2D eigenvalue weighted by atomic mass is 32.2. The third-order valence-corrected chi connectivity index (χ3v) is 5.01. The highest BCUT2D eigenvalue weighted by Crippen LogP contribution is 2.36. The van der Waals surface area contributed by atoms with Crippen LogP contribution >= 0.6 is 11.8 Å². The molecule has 3 nitrogen and oxygen atoms in total. The Morgan fingerprint density at radius 1 is 1.47 bits per heavy atom. The monoisotopic (exact) mass is 287 g/mol. The van der Waals surface area contributed by atoms with Crippen LogP contribution in [0.15, 0.2) is 0 Å². The van der Waals surface area contributed by atoms with E-state index >= 15 is 0 Å². The van der Waals surface area contributed by atoms with Crippen molar-refractivity contribution < 1.29 is 9.53 Å². The molecule has 0 aliphatic heterocycles. The lowest BCUT2D eigenvalue weighted by Gasteiger charge is -2.40. The van der Waals surface area contributed by atoms with Gasteiger partial charge in [0.25, 0.3) is 0 Å². The topological polar surface area (TPSA) is 38.3 Å². The summed E-state index contributed by atoms with van der Waals surface area (Å²) < 4.78 is 5.33. The largest absolute Gasteiger partial charge is 0.465 e. The summed E-state index contributed by atoms with van der Waals surface area (Å²) in [5.41, 5.74) is -0.451. The van der Waals surface area contributed by atoms with E-state index in [9.17, 15) is 4.79 Å². The van der Waals surface area contributed by atoms with E-state index in [1.165, 1.54) is 18.6 Å². The molecule has 0 amide bonds. The Labute approximate surface area is 122 Å². The van der Waals surface area contributed by atoms with Crippen LogP contribution in [-0.4, -0.2) is 35.2 Å². The van der Waals surface area contributed by atoms with Gasteiger partial charge in [-0.1, -0.05) is 6.92 Å². The average Bonchev–Trinajstić information content (AvgIpc) is 2.36. The molecule has 112 valence electrons. The van der Waals surface area contributed by atoms with E-state index < -0.39 is 5.54 Å². The number of ether oxygens (including phenoxy) is 1. The number of esters is 1. The van der Waals surface area contributed by atoms with Crippen molar-refractivity contribution in [3.05, 3.63) is 0 Å². The van der Waals surface area contributed by atoms with Crippen molar-refractivity contribution in [1.29, 1.82) is 0 Å². The lowest BCUT2D eigenvalue weighted by Crippen LogP contribution is -2.58. The Balaban J connectivity index is 2.74. The van der Waals surface area contributed by atoms with Gasteiger partial charge < -0.3 is 4.74 Å². The molecule has 0 heterocycles. The summed E-state index contributed by atoms with van der Waals surface area (Å²) in [5, 5.41) is 4.09. The smallest absolute Gasteiger partial charge is 0.326 e. The van der Waals surface area contributed by atoms with Crippen LogP contribution in [0.1, 0.15) is 59.8 Å². The fourth-order valence-corrected chi connectivity index (χ4v) is 4.15. The van der Waals surface area contributed by atoms with Crippen LogP contribution in [0.4, 0.5) is 0 Å². The van der Waals surface area contributed by atoms with Crippen molar-refractivity contribution >= 4 is 17.7 Å². The molecule has 0 aromatic carbocycles. The SMILES string of the molecule is CCCSC1CCCC(NC(C)C)(C(=O)OCC)C1. The standard InChI is InChI=1S/C15H29NO2S/c1-5-10-19-13-8-7-9-15(11-13,16-12(3)4)14(17)18-6-2/h12-13,16H,5-11H2,1-4H3. The van der Waals surface area contributed by atoms with Crippen LogP contribution in [0.25, 0.3) is 0 Å². The zero-order valence-corrected chi connectivity index (χ0v) is 13.6. The molecule has 19 heavy (non-hydrogen) atoms. The van der Waals surface area contributed by atoms with E-state index in [1.54, 1.807) is 0 Å². The zero-order chi connectivity index (χ0) is 14.3. The number of thioether (sulfide) groups is 1. The van der Waals surface area contributed by atoms with Gasteiger partial charge in [0.1, 0.15) is 5.54 Å². The van der Waals surface area contributed by atoms with Crippen LogP contribution in [0.2, 0.25) is 0 Å². The molecule has 0 radical (unpaired) electrons. The first-order valence-electron chi connectivity index (χ1n) is 7.60. The van der Waals surface area contributed by atoms with Gasteiger partial charge in [0.2, 0.25) is 0 Å². The van der Waals surface area contributed by atoms with Crippen molar-refractivity contribution in [2.45, 2.75) is 76.6 Å². The normalized spacial score (nSPS) is 27.5.